The van der Waals surface area contributed by atoms with E-state index >= 15 is 0 Å². The predicted molar refractivity (Wildman–Crippen MR) is 93.3 cm³/mol. The summed E-state index contributed by atoms with van der Waals surface area (Å²) >= 11 is 0. The van der Waals surface area contributed by atoms with Crippen molar-refractivity contribution in [2.45, 2.75) is 32.2 Å². The highest BCUT2D eigenvalue weighted by Crippen LogP contribution is 2.22. The molecule has 6 nitrogen and oxygen atoms in total. The van der Waals surface area contributed by atoms with Crippen molar-refractivity contribution in [2.75, 3.05) is 13.1 Å². The van der Waals surface area contributed by atoms with Crippen molar-refractivity contribution >= 4 is 11.9 Å². The number of aromatic nitrogens is 2. The van der Waals surface area contributed by atoms with Crippen molar-refractivity contribution in [3.05, 3.63) is 53.9 Å². The Morgan fingerprint density at radius 3 is 2.48 bits per heavy atom. The van der Waals surface area contributed by atoms with E-state index in [-0.39, 0.29) is 11.6 Å². The first-order valence-electron chi connectivity index (χ1n) is 8.70. The van der Waals surface area contributed by atoms with Gasteiger partial charge in [-0.3, -0.25) is 9.48 Å². The summed E-state index contributed by atoms with van der Waals surface area (Å²) < 4.78 is 1.52. The molecule has 0 spiro atoms. The van der Waals surface area contributed by atoms with E-state index in [9.17, 15) is 9.59 Å². The van der Waals surface area contributed by atoms with Crippen molar-refractivity contribution in [3.8, 4) is 0 Å². The molecular weight excluding hydrogens is 318 g/mol. The van der Waals surface area contributed by atoms with Crippen molar-refractivity contribution in [1.29, 1.82) is 0 Å². The third-order valence-corrected chi connectivity index (χ3v) is 4.75. The number of rotatable bonds is 6. The van der Waals surface area contributed by atoms with Crippen LogP contribution in [0.4, 0.5) is 0 Å². The summed E-state index contributed by atoms with van der Waals surface area (Å²) in [6, 6.07) is 11.9. The maximum absolute atomic E-state index is 12.3. The lowest BCUT2D eigenvalue weighted by molar-refractivity contribution is -0.132. The summed E-state index contributed by atoms with van der Waals surface area (Å²) in [6.07, 6.45) is 5.10. The number of carboxylic acids is 1. The second-order valence-electron chi connectivity index (χ2n) is 6.53. The van der Waals surface area contributed by atoms with Crippen LogP contribution in [0.25, 0.3) is 0 Å². The van der Waals surface area contributed by atoms with Gasteiger partial charge in [-0.15, -0.1) is 0 Å². The maximum Gasteiger partial charge on any atom is 0.356 e. The van der Waals surface area contributed by atoms with E-state index in [2.05, 4.69) is 29.4 Å². The molecule has 1 amide bonds. The molecule has 1 N–H and O–H groups in total. The van der Waals surface area contributed by atoms with Gasteiger partial charge in [0.1, 0.15) is 0 Å². The molecule has 1 fully saturated rings. The zero-order valence-corrected chi connectivity index (χ0v) is 14.2. The number of aromatic carboxylic acids is 1. The van der Waals surface area contributed by atoms with Gasteiger partial charge in [-0.1, -0.05) is 30.3 Å². The number of carbonyl (C=O) groups is 2. The zero-order valence-electron chi connectivity index (χ0n) is 14.2. The minimum absolute atomic E-state index is 0.00850. The molecule has 0 saturated carbocycles. The van der Waals surface area contributed by atoms with E-state index in [1.807, 2.05) is 11.0 Å². The number of benzene rings is 1. The number of carbonyl (C=O) groups excluding carboxylic acids is 1. The predicted octanol–water partition coefficient (Wildman–Crippen LogP) is 2.45. The average molecular weight is 341 g/mol. The lowest BCUT2D eigenvalue weighted by Crippen LogP contribution is -2.39. The van der Waals surface area contributed by atoms with E-state index in [4.69, 9.17) is 5.11 Å². The molecule has 1 aromatic heterocycles. The molecule has 1 aromatic carbocycles. The second kappa shape index (κ2) is 7.96. The molecule has 3 rings (SSSR count). The fourth-order valence-corrected chi connectivity index (χ4v) is 3.30. The summed E-state index contributed by atoms with van der Waals surface area (Å²) in [4.78, 5) is 25.1. The minimum atomic E-state index is -1.05. The Balaban J connectivity index is 1.42. The standard InChI is InChI=1S/C19H23N3O3/c23-18(9-13-22-12-8-17(20-22)19(24)25)21-10-6-16(7-11-21)14-15-4-2-1-3-5-15/h1-5,8,12,16H,6-7,9-11,13-14H2,(H,24,25). The Bertz CT molecular complexity index is 719. The Morgan fingerprint density at radius 1 is 1.12 bits per heavy atom. The third kappa shape index (κ3) is 4.68. The highest BCUT2D eigenvalue weighted by Gasteiger charge is 2.22. The molecule has 0 radical (unpaired) electrons. The molecule has 132 valence electrons. The van der Waals surface area contributed by atoms with E-state index < -0.39 is 5.97 Å². The van der Waals surface area contributed by atoms with Gasteiger partial charge in [0.2, 0.25) is 5.91 Å². The smallest absolute Gasteiger partial charge is 0.356 e. The molecule has 0 unspecified atom stereocenters. The summed E-state index contributed by atoms with van der Waals surface area (Å²) in [6.45, 7) is 2.02. The van der Waals surface area contributed by atoms with Gasteiger partial charge < -0.3 is 10.0 Å². The summed E-state index contributed by atoms with van der Waals surface area (Å²) in [5.74, 6) is -0.299. The van der Waals surface area contributed by atoms with Crippen molar-refractivity contribution in [2.24, 2.45) is 5.92 Å². The van der Waals surface area contributed by atoms with E-state index in [1.54, 1.807) is 6.20 Å². The Hall–Kier alpha value is -2.63. The monoisotopic (exact) mass is 341 g/mol. The topological polar surface area (TPSA) is 75.4 Å². The second-order valence-corrected chi connectivity index (χ2v) is 6.53. The van der Waals surface area contributed by atoms with Crippen molar-refractivity contribution in [3.63, 3.8) is 0 Å². The number of hydrogen-bond acceptors (Lipinski definition) is 3. The maximum atomic E-state index is 12.3. The Kier molecular flexibility index (Phi) is 5.48. The first-order valence-corrected chi connectivity index (χ1v) is 8.70. The molecule has 6 heteroatoms. The minimum Gasteiger partial charge on any atom is -0.476 e. The molecule has 2 heterocycles. The first kappa shape index (κ1) is 17.2. The van der Waals surface area contributed by atoms with Crippen LogP contribution in [0.15, 0.2) is 42.6 Å². The van der Waals surface area contributed by atoms with Crippen molar-refractivity contribution in [1.82, 2.24) is 14.7 Å². The number of carboxylic acid groups (broad SMARTS) is 1. The molecule has 1 aliphatic heterocycles. The van der Waals surface area contributed by atoms with Crippen LogP contribution in [0.2, 0.25) is 0 Å². The largest absolute Gasteiger partial charge is 0.476 e. The highest BCUT2D eigenvalue weighted by molar-refractivity contribution is 5.85. The van der Waals surface area contributed by atoms with Crippen LogP contribution in [-0.2, 0) is 17.8 Å². The molecular formula is C19H23N3O3. The molecule has 0 bridgehead atoms. The highest BCUT2D eigenvalue weighted by atomic mass is 16.4. The van der Waals surface area contributed by atoms with Crippen LogP contribution in [0.5, 0.6) is 0 Å². The van der Waals surface area contributed by atoms with Gasteiger partial charge in [-0.05, 0) is 36.8 Å². The van der Waals surface area contributed by atoms with Crippen LogP contribution in [0.3, 0.4) is 0 Å². The lowest BCUT2D eigenvalue weighted by Gasteiger charge is -2.32. The zero-order chi connectivity index (χ0) is 17.6. The summed E-state index contributed by atoms with van der Waals surface area (Å²) in [7, 11) is 0. The average Bonchev–Trinajstić information content (AvgIpc) is 3.11. The van der Waals surface area contributed by atoms with Gasteiger partial charge >= 0.3 is 5.97 Å². The number of likely N-dealkylation sites (tertiary alicyclic amines) is 1. The third-order valence-electron chi connectivity index (χ3n) is 4.75. The van der Waals surface area contributed by atoms with Crippen LogP contribution in [0, 0.1) is 5.92 Å². The molecule has 0 aliphatic carbocycles. The number of piperidine rings is 1. The van der Waals surface area contributed by atoms with Crippen LogP contribution in [-0.4, -0.2) is 44.8 Å². The van der Waals surface area contributed by atoms with Gasteiger partial charge in [-0.25, -0.2) is 4.79 Å². The number of aryl methyl sites for hydroxylation is 1. The molecule has 1 saturated heterocycles. The van der Waals surface area contributed by atoms with E-state index in [0.717, 1.165) is 32.4 Å². The van der Waals surface area contributed by atoms with E-state index in [1.165, 1.54) is 16.3 Å². The molecule has 2 aromatic rings. The number of nitrogens with zero attached hydrogens (tertiary/aromatic N) is 3. The quantitative estimate of drug-likeness (QED) is 0.876. The van der Waals surface area contributed by atoms with Gasteiger partial charge in [0.15, 0.2) is 5.69 Å². The van der Waals surface area contributed by atoms with Crippen LogP contribution in [0.1, 0.15) is 35.3 Å². The van der Waals surface area contributed by atoms with Gasteiger partial charge in [-0.2, -0.15) is 5.10 Å². The normalized spacial score (nSPS) is 15.3. The van der Waals surface area contributed by atoms with Crippen molar-refractivity contribution < 1.29 is 14.7 Å². The fourth-order valence-electron chi connectivity index (χ4n) is 3.30. The summed E-state index contributed by atoms with van der Waals surface area (Å²) in [5.41, 5.74) is 1.37. The van der Waals surface area contributed by atoms with E-state index in [0.29, 0.717) is 18.9 Å². The van der Waals surface area contributed by atoms with Crippen LogP contribution >= 0.6 is 0 Å². The fraction of sp³-hybridized carbons (Fsp3) is 0.421. The molecule has 0 atom stereocenters. The summed E-state index contributed by atoms with van der Waals surface area (Å²) in [5, 5.41) is 12.8. The molecule has 25 heavy (non-hydrogen) atoms. The lowest BCUT2D eigenvalue weighted by atomic mass is 9.90. The molecule has 1 aliphatic rings. The number of amides is 1. The van der Waals surface area contributed by atoms with Gasteiger partial charge in [0.25, 0.3) is 0 Å². The van der Waals surface area contributed by atoms with Gasteiger partial charge in [0.05, 0.1) is 0 Å². The van der Waals surface area contributed by atoms with Crippen LogP contribution < -0.4 is 0 Å². The van der Waals surface area contributed by atoms with Gasteiger partial charge in [0, 0.05) is 32.3 Å². The Labute approximate surface area is 147 Å². The Morgan fingerprint density at radius 2 is 1.84 bits per heavy atom. The first-order chi connectivity index (χ1) is 12.1. The number of hydrogen-bond donors (Lipinski definition) is 1. The SMILES string of the molecule is O=C(O)c1ccn(CCC(=O)N2CCC(Cc3ccccc3)CC2)n1.